The summed E-state index contributed by atoms with van der Waals surface area (Å²) in [6.45, 7) is 16.0. The fraction of sp³-hybridized carbons (Fsp3) is 0.424. The van der Waals surface area contributed by atoms with Crippen molar-refractivity contribution in [3.8, 4) is 5.75 Å². The van der Waals surface area contributed by atoms with Gasteiger partial charge in [0, 0.05) is 41.6 Å². The molecule has 0 aliphatic carbocycles. The Morgan fingerprint density at radius 3 is 2.19 bits per heavy atom. The monoisotopic (exact) mass is 594 g/mol. The van der Waals surface area contributed by atoms with E-state index in [9.17, 15) is 13.2 Å². The van der Waals surface area contributed by atoms with Crippen molar-refractivity contribution in [3.05, 3.63) is 70.8 Å². The van der Waals surface area contributed by atoms with E-state index in [0.29, 0.717) is 19.0 Å². The molecule has 0 bridgehead atoms. The number of aromatic amines is 1. The van der Waals surface area contributed by atoms with Crippen LogP contribution in [0.2, 0.25) is 0 Å². The third-order valence-electron chi connectivity index (χ3n) is 7.30. The van der Waals surface area contributed by atoms with Crippen LogP contribution < -0.4 is 4.74 Å². The summed E-state index contributed by atoms with van der Waals surface area (Å²) in [6, 6.07) is 14.4. The predicted molar refractivity (Wildman–Crippen MR) is 166 cm³/mol. The van der Waals surface area contributed by atoms with Crippen molar-refractivity contribution < 1.29 is 27.4 Å². The van der Waals surface area contributed by atoms with Crippen molar-refractivity contribution in [2.45, 2.75) is 73.1 Å². The largest absolute Gasteiger partial charge is 0.426 e. The number of carbonyl (C=O) groups is 1. The first-order valence-corrected chi connectivity index (χ1v) is 15.8. The van der Waals surface area contributed by atoms with Crippen molar-refractivity contribution in [1.29, 1.82) is 0 Å². The molecule has 0 spiro atoms. The Balaban J connectivity index is 1.81. The highest BCUT2D eigenvalue weighted by Gasteiger charge is 2.29. The zero-order valence-corrected chi connectivity index (χ0v) is 26.6. The first-order chi connectivity index (χ1) is 19.8. The summed E-state index contributed by atoms with van der Waals surface area (Å²) in [6.07, 6.45) is -0.710. The second-order valence-corrected chi connectivity index (χ2v) is 13.6. The Bertz CT molecular complexity index is 1680. The molecule has 4 aromatic rings. The SMILES string of the molecule is CCOC(CN(Cc1cc(C)c2[nH]c3ccc(OC(=O)C(C)(C)C)cc3c2c1C)S(=O)(=O)c1ccc(C)cc1)OCC. The predicted octanol–water partition coefficient (Wildman–Crippen LogP) is 6.79. The average Bonchev–Trinajstić information content (AvgIpc) is 3.31. The molecule has 226 valence electrons. The topological polar surface area (TPSA) is 97.9 Å². The summed E-state index contributed by atoms with van der Waals surface area (Å²) < 4.78 is 46.7. The highest BCUT2D eigenvalue weighted by atomic mass is 32.2. The molecule has 4 rings (SSSR count). The molecular formula is C33H42N2O6S. The highest BCUT2D eigenvalue weighted by Crippen LogP contribution is 2.36. The number of aromatic nitrogens is 1. The second kappa shape index (κ2) is 12.6. The van der Waals surface area contributed by atoms with Gasteiger partial charge < -0.3 is 19.2 Å². The average molecular weight is 595 g/mol. The van der Waals surface area contributed by atoms with E-state index in [-0.39, 0.29) is 24.0 Å². The fourth-order valence-electron chi connectivity index (χ4n) is 4.94. The van der Waals surface area contributed by atoms with Crippen LogP contribution >= 0.6 is 0 Å². The Kier molecular flexibility index (Phi) is 9.47. The number of nitrogens with zero attached hydrogens (tertiary/aromatic N) is 1. The lowest BCUT2D eigenvalue weighted by molar-refractivity contribution is -0.143. The van der Waals surface area contributed by atoms with E-state index < -0.39 is 21.7 Å². The lowest BCUT2D eigenvalue weighted by Crippen LogP contribution is -2.39. The Labute approximate surface area is 249 Å². The summed E-state index contributed by atoms with van der Waals surface area (Å²) in [5.74, 6) is 0.149. The van der Waals surface area contributed by atoms with Gasteiger partial charge in [-0.3, -0.25) is 4.79 Å². The van der Waals surface area contributed by atoms with E-state index in [0.717, 1.165) is 44.1 Å². The molecule has 0 aliphatic rings. The molecule has 0 unspecified atom stereocenters. The fourth-order valence-corrected chi connectivity index (χ4v) is 6.34. The molecule has 0 fully saturated rings. The molecule has 1 heterocycles. The highest BCUT2D eigenvalue weighted by molar-refractivity contribution is 7.89. The molecule has 1 N–H and O–H groups in total. The van der Waals surface area contributed by atoms with Gasteiger partial charge in [-0.2, -0.15) is 4.31 Å². The number of benzene rings is 3. The van der Waals surface area contributed by atoms with Gasteiger partial charge in [0.1, 0.15) is 5.75 Å². The van der Waals surface area contributed by atoms with Crippen LogP contribution in [-0.2, 0) is 30.8 Å². The van der Waals surface area contributed by atoms with E-state index in [1.807, 2.05) is 73.6 Å². The molecule has 0 amide bonds. The van der Waals surface area contributed by atoms with Crippen LogP contribution in [0.3, 0.4) is 0 Å². The molecule has 8 nitrogen and oxygen atoms in total. The van der Waals surface area contributed by atoms with Gasteiger partial charge in [0.05, 0.1) is 16.9 Å². The van der Waals surface area contributed by atoms with E-state index in [2.05, 4.69) is 4.98 Å². The summed E-state index contributed by atoms with van der Waals surface area (Å²) in [5, 5.41) is 1.87. The molecule has 0 saturated heterocycles. The Hall–Kier alpha value is -3.24. The number of nitrogens with one attached hydrogen (secondary N) is 1. The number of fused-ring (bicyclic) bond motifs is 3. The molecule has 1 aromatic heterocycles. The molecule has 42 heavy (non-hydrogen) atoms. The van der Waals surface area contributed by atoms with Crippen LogP contribution in [0.4, 0.5) is 0 Å². The number of rotatable bonds is 11. The maximum absolute atomic E-state index is 14.0. The van der Waals surface area contributed by atoms with E-state index >= 15 is 0 Å². The van der Waals surface area contributed by atoms with Crippen molar-refractivity contribution in [2.24, 2.45) is 5.41 Å². The van der Waals surface area contributed by atoms with Crippen LogP contribution in [0.15, 0.2) is 53.4 Å². The van der Waals surface area contributed by atoms with Gasteiger partial charge in [-0.1, -0.05) is 23.8 Å². The minimum absolute atomic E-state index is 0.0369. The van der Waals surface area contributed by atoms with Crippen molar-refractivity contribution in [2.75, 3.05) is 19.8 Å². The number of hydrogen-bond donors (Lipinski definition) is 1. The minimum atomic E-state index is -3.89. The smallest absolute Gasteiger partial charge is 0.316 e. The van der Waals surface area contributed by atoms with Gasteiger partial charge in [0.25, 0.3) is 0 Å². The summed E-state index contributed by atoms with van der Waals surface area (Å²) >= 11 is 0. The van der Waals surface area contributed by atoms with Crippen LogP contribution in [0.25, 0.3) is 21.8 Å². The maximum atomic E-state index is 14.0. The number of aryl methyl sites for hydroxylation is 3. The number of H-pyrrole nitrogens is 1. The van der Waals surface area contributed by atoms with Crippen LogP contribution in [0.5, 0.6) is 5.75 Å². The summed E-state index contributed by atoms with van der Waals surface area (Å²) in [4.78, 5) is 16.3. The lowest BCUT2D eigenvalue weighted by Gasteiger charge is -2.28. The third kappa shape index (κ3) is 6.70. The van der Waals surface area contributed by atoms with Crippen molar-refractivity contribution in [1.82, 2.24) is 9.29 Å². The number of esters is 1. The molecule has 0 aliphatic heterocycles. The molecule has 0 saturated carbocycles. The van der Waals surface area contributed by atoms with E-state index in [1.165, 1.54) is 4.31 Å². The van der Waals surface area contributed by atoms with Gasteiger partial charge in [0.15, 0.2) is 6.29 Å². The maximum Gasteiger partial charge on any atom is 0.316 e. The zero-order valence-electron chi connectivity index (χ0n) is 25.8. The Morgan fingerprint density at radius 2 is 1.60 bits per heavy atom. The lowest BCUT2D eigenvalue weighted by atomic mass is 9.97. The zero-order chi connectivity index (χ0) is 30.8. The quantitative estimate of drug-likeness (QED) is 0.117. The van der Waals surface area contributed by atoms with Gasteiger partial charge in [-0.05, 0) is 102 Å². The normalized spacial score (nSPS) is 12.6. The van der Waals surface area contributed by atoms with Gasteiger partial charge in [-0.15, -0.1) is 0 Å². The minimum Gasteiger partial charge on any atom is -0.426 e. The van der Waals surface area contributed by atoms with Crippen LogP contribution in [0, 0.1) is 26.2 Å². The molecule has 9 heteroatoms. The first-order valence-electron chi connectivity index (χ1n) is 14.3. The van der Waals surface area contributed by atoms with Crippen molar-refractivity contribution in [3.63, 3.8) is 0 Å². The van der Waals surface area contributed by atoms with Gasteiger partial charge in [-0.25, -0.2) is 8.42 Å². The molecule has 3 aromatic carbocycles. The molecule has 0 atom stereocenters. The molecular weight excluding hydrogens is 552 g/mol. The van der Waals surface area contributed by atoms with Crippen LogP contribution in [-0.4, -0.2) is 49.7 Å². The van der Waals surface area contributed by atoms with Crippen molar-refractivity contribution >= 4 is 37.8 Å². The number of hydrogen-bond acceptors (Lipinski definition) is 6. The second-order valence-electron chi connectivity index (χ2n) is 11.7. The number of ether oxygens (including phenoxy) is 3. The standard InChI is InChI=1S/C33H42N2O6S/c1-9-39-29(40-10-2)20-35(42(37,38)26-14-11-21(3)12-15-26)19-24-17-22(4)31-30(23(24)5)27-18-25(13-16-28(27)34-31)41-32(36)33(6,7)8/h11-18,29,34H,9-10,19-20H2,1-8H3. The third-order valence-corrected chi connectivity index (χ3v) is 9.12. The van der Waals surface area contributed by atoms with E-state index in [4.69, 9.17) is 14.2 Å². The number of sulfonamides is 1. The van der Waals surface area contributed by atoms with E-state index in [1.54, 1.807) is 30.3 Å². The van der Waals surface area contributed by atoms with Crippen LogP contribution in [0.1, 0.15) is 56.9 Å². The number of carbonyl (C=O) groups excluding carboxylic acids is 1. The van der Waals surface area contributed by atoms with Gasteiger partial charge in [0.2, 0.25) is 10.0 Å². The summed E-state index contributed by atoms with van der Waals surface area (Å²) in [5.41, 5.74) is 4.98. The first kappa shape index (κ1) is 31.7. The summed E-state index contributed by atoms with van der Waals surface area (Å²) in [7, 11) is -3.89. The molecule has 0 radical (unpaired) electrons. The Morgan fingerprint density at radius 1 is 0.952 bits per heavy atom. The van der Waals surface area contributed by atoms with Gasteiger partial charge >= 0.3 is 5.97 Å².